The first-order valence-corrected chi connectivity index (χ1v) is 4.04. The second-order valence-corrected chi connectivity index (χ2v) is 3.19. The minimum atomic E-state index is -0.167. The second-order valence-electron chi connectivity index (χ2n) is 2.69. The van der Waals surface area contributed by atoms with E-state index < -0.39 is 0 Å². The van der Waals surface area contributed by atoms with E-state index in [1.54, 1.807) is 25.1 Å². The molecule has 0 amide bonds. The van der Waals surface area contributed by atoms with Crippen molar-refractivity contribution in [2.75, 3.05) is 0 Å². The van der Waals surface area contributed by atoms with Crippen molar-refractivity contribution in [2.24, 2.45) is 0 Å². The molecular formula is C9H10O2S. The summed E-state index contributed by atoms with van der Waals surface area (Å²) >= 11 is 3.67. The van der Waals surface area contributed by atoms with E-state index in [1.165, 1.54) is 0 Å². The van der Waals surface area contributed by atoms with E-state index >= 15 is 0 Å². The normalized spacial score (nSPS) is 9.83. The van der Waals surface area contributed by atoms with Gasteiger partial charge in [-0.25, -0.2) is 0 Å². The van der Waals surface area contributed by atoms with Crippen molar-refractivity contribution in [3.05, 3.63) is 29.3 Å². The molecule has 0 spiro atoms. The molecule has 1 aromatic rings. The van der Waals surface area contributed by atoms with Crippen LogP contribution in [0.5, 0.6) is 5.75 Å². The molecule has 0 unspecified atom stereocenters. The summed E-state index contributed by atoms with van der Waals surface area (Å²) in [6.07, 6.45) is 0.310. The summed E-state index contributed by atoms with van der Waals surface area (Å²) in [6.45, 7) is 1.79. The maximum Gasteiger partial charge on any atom is 0.190 e. The molecule has 0 saturated heterocycles. The Labute approximate surface area is 76.6 Å². The van der Waals surface area contributed by atoms with E-state index in [9.17, 15) is 9.90 Å². The summed E-state index contributed by atoms with van der Waals surface area (Å²) in [4.78, 5) is 10.6. The van der Waals surface area contributed by atoms with Crippen molar-refractivity contribution >= 4 is 17.7 Å². The highest BCUT2D eigenvalue weighted by Gasteiger charge is 2.00. The largest absolute Gasteiger partial charge is 0.508 e. The van der Waals surface area contributed by atoms with Crippen LogP contribution in [0.15, 0.2) is 18.2 Å². The van der Waals surface area contributed by atoms with Crippen LogP contribution in [0.25, 0.3) is 0 Å². The number of carbonyl (C=O) groups excluding carboxylic acids is 1. The van der Waals surface area contributed by atoms with Crippen LogP contribution in [-0.4, -0.2) is 10.2 Å². The number of phenolic OH excluding ortho intramolecular Hbond substituents is 1. The SMILES string of the molecule is Cc1cc(CC(=O)S)ccc1O. The number of hydrogen-bond acceptors (Lipinski definition) is 2. The van der Waals surface area contributed by atoms with Gasteiger partial charge in [0.15, 0.2) is 5.12 Å². The summed E-state index contributed by atoms with van der Waals surface area (Å²) in [6, 6.07) is 5.08. The van der Waals surface area contributed by atoms with Gasteiger partial charge in [0.2, 0.25) is 0 Å². The lowest BCUT2D eigenvalue weighted by atomic mass is 10.1. The van der Waals surface area contributed by atoms with Gasteiger partial charge in [-0.2, -0.15) is 0 Å². The molecule has 0 atom stereocenters. The molecule has 0 fully saturated rings. The standard InChI is InChI=1S/C9H10O2S/c1-6-4-7(5-9(11)12)2-3-8(6)10/h2-4,10H,5H2,1H3,(H,11,12). The van der Waals surface area contributed by atoms with Crippen molar-refractivity contribution in [1.29, 1.82) is 0 Å². The van der Waals surface area contributed by atoms with Gasteiger partial charge < -0.3 is 5.11 Å². The minimum absolute atomic E-state index is 0.167. The zero-order valence-electron chi connectivity index (χ0n) is 6.74. The minimum Gasteiger partial charge on any atom is -0.508 e. The molecule has 64 valence electrons. The third-order valence-corrected chi connectivity index (χ3v) is 1.77. The van der Waals surface area contributed by atoms with Crippen LogP contribution in [0.1, 0.15) is 11.1 Å². The van der Waals surface area contributed by atoms with Gasteiger partial charge in [-0.05, 0) is 24.1 Å². The first-order valence-electron chi connectivity index (χ1n) is 3.60. The number of benzene rings is 1. The molecule has 0 bridgehead atoms. The van der Waals surface area contributed by atoms with Crippen molar-refractivity contribution in [3.63, 3.8) is 0 Å². The van der Waals surface area contributed by atoms with Gasteiger partial charge >= 0.3 is 0 Å². The van der Waals surface area contributed by atoms with Gasteiger partial charge in [-0.1, -0.05) is 12.1 Å². The molecule has 0 aliphatic rings. The summed E-state index contributed by atoms with van der Waals surface area (Å²) in [5.74, 6) is 0.255. The third kappa shape index (κ3) is 2.27. The summed E-state index contributed by atoms with van der Waals surface area (Å²) in [7, 11) is 0. The van der Waals surface area contributed by atoms with Crippen LogP contribution in [0, 0.1) is 6.92 Å². The van der Waals surface area contributed by atoms with Crippen molar-refractivity contribution in [3.8, 4) is 5.75 Å². The summed E-state index contributed by atoms with van der Waals surface area (Å²) in [5.41, 5.74) is 1.66. The topological polar surface area (TPSA) is 37.3 Å². The maximum atomic E-state index is 10.6. The molecule has 12 heavy (non-hydrogen) atoms. The van der Waals surface area contributed by atoms with Crippen molar-refractivity contribution < 1.29 is 9.90 Å². The number of aromatic hydroxyl groups is 1. The van der Waals surface area contributed by atoms with Gasteiger partial charge in [-0.15, -0.1) is 12.6 Å². The lowest BCUT2D eigenvalue weighted by Gasteiger charge is -2.01. The highest BCUT2D eigenvalue weighted by atomic mass is 32.1. The molecule has 0 saturated carbocycles. The van der Waals surface area contributed by atoms with Crippen LogP contribution in [0.2, 0.25) is 0 Å². The first kappa shape index (κ1) is 9.13. The smallest absolute Gasteiger partial charge is 0.190 e. The van der Waals surface area contributed by atoms with Crippen molar-refractivity contribution in [1.82, 2.24) is 0 Å². The van der Waals surface area contributed by atoms with Gasteiger partial charge in [0.1, 0.15) is 5.75 Å². The van der Waals surface area contributed by atoms with Crippen LogP contribution < -0.4 is 0 Å². The van der Waals surface area contributed by atoms with Crippen LogP contribution >= 0.6 is 12.6 Å². The average molecular weight is 182 g/mol. The molecule has 0 aliphatic heterocycles. The highest BCUT2D eigenvalue weighted by molar-refractivity contribution is 7.96. The Bertz CT molecular complexity index is 307. The molecule has 0 heterocycles. The van der Waals surface area contributed by atoms with Gasteiger partial charge in [-0.3, -0.25) is 4.79 Å². The zero-order valence-corrected chi connectivity index (χ0v) is 7.64. The molecule has 0 radical (unpaired) electrons. The first-order chi connectivity index (χ1) is 5.59. The number of rotatable bonds is 2. The highest BCUT2D eigenvalue weighted by Crippen LogP contribution is 2.17. The van der Waals surface area contributed by atoms with E-state index in [2.05, 4.69) is 12.6 Å². The van der Waals surface area contributed by atoms with Gasteiger partial charge in [0.25, 0.3) is 0 Å². The Hall–Kier alpha value is -0.960. The lowest BCUT2D eigenvalue weighted by molar-refractivity contribution is -0.110. The average Bonchev–Trinajstić information content (AvgIpc) is 1.96. The molecule has 0 aromatic heterocycles. The summed E-state index contributed by atoms with van der Waals surface area (Å²) < 4.78 is 0. The number of hydrogen-bond donors (Lipinski definition) is 2. The molecule has 1 N–H and O–H groups in total. The second kappa shape index (κ2) is 3.63. The predicted octanol–water partition coefficient (Wildman–Crippen LogP) is 1.70. The molecule has 0 aliphatic carbocycles. The lowest BCUT2D eigenvalue weighted by Crippen LogP contribution is -1.93. The third-order valence-electron chi connectivity index (χ3n) is 1.62. The van der Waals surface area contributed by atoms with E-state index in [4.69, 9.17) is 0 Å². The Morgan fingerprint density at radius 1 is 1.58 bits per heavy atom. The molecule has 3 heteroatoms. The maximum absolute atomic E-state index is 10.6. The molecular weight excluding hydrogens is 172 g/mol. The van der Waals surface area contributed by atoms with E-state index in [1.807, 2.05) is 0 Å². The quantitative estimate of drug-likeness (QED) is 0.683. The fraction of sp³-hybridized carbons (Fsp3) is 0.222. The van der Waals surface area contributed by atoms with E-state index in [-0.39, 0.29) is 10.9 Å². The van der Waals surface area contributed by atoms with Gasteiger partial charge in [0.05, 0.1) is 0 Å². The van der Waals surface area contributed by atoms with Crippen LogP contribution in [-0.2, 0) is 11.2 Å². The molecule has 2 nitrogen and oxygen atoms in total. The predicted molar refractivity (Wildman–Crippen MR) is 50.5 cm³/mol. The van der Waals surface area contributed by atoms with Crippen LogP contribution in [0.3, 0.4) is 0 Å². The fourth-order valence-electron chi connectivity index (χ4n) is 1.00. The van der Waals surface area contributed by atoms with E-state index in [0.29, 0.717) is 6.42 Å². The van der Waals surface area contributed by atoms with Crippen LogP contribution in [0.4, 0.5) is 0 Å². The Kier molecular flexibility index (Phi) is 2.76. The summed E-state index contributed by atoms with van der Waals surface area (Å²) in [5, 5.41) is 9.01. The Morgan fingerprint density at radius 3 is 2.75 bits per heavy atom. The number of carbonyl (C=O) groups is 1. The number of thiol groups is 1. The van der Waals surface area contributed by atoms with E-state index in [0.717, 1.165) is 11.1 Å². The fourth-order valence-corrected chi connectivity index (χ4v) is 1.18. The zero-order chi connectivity index (χ0) is 9.14. The molecule has 1 rings (SSSR count). The number of phenols is 1. The Morgan fingerprint density at radius 2 is 2.25 bits per heavy atom. The number of aryl methyl sites for hydroxylation is 1. The monoisotopic (exact) mass is 182 g/mol. The molecule has 1 aromatic carbocycles. The van der Waals surface area contributed by atoms with Gasteiger partial charge in [0, 0.05) is 6.42 Å². The van der Waals surface area contributed by atoms with Crippen molar-refractivity contribution in [2.45, 2.75) is 13.3 Å². The Balaban J connectivity index is 2.89.